The number of pyridine rings is 1. The Hall–Kier alpha value is -0.930. The number of hydrogen-bond donors (Lipinski definition) is 1. The maximum atomic E-state index is 4.68. The highest BCUT2D eigenvalue weighted by atomic mass is 15.3. The van der Waals surface area contributed by atoms with Gasteiger partial charge in [0.1, 0.15) is 0 Å². The predicted molar refractivity (Wildman–Crippen MR) is 78.1 cm³/mol. The molecule has 1 aliphatic carbocycles. The normalized spacial score (nSPS) is 23.6. The summed E-state index contributed by atoms with van der Waals surface area (Å²) in [6.45, 7) is 6.54. The van der Waals surface area contributed by atoms with E-state index >= 15 is 0 Å². The zero-order valence-electron chi connectivity index (χ0n) is 12.0. The third-order valence-electron chi connectivity index (χ3n) is 4.77. The van der Waals surface area contributed by atoms with Crippen molar-refractivity contribution >= 4 is 0 Å². The van der Waals surface area contributed by atoms with Crippen LogP contribution in [0.3, 0.4) is 0 Å². The lowest BCUT2D eigenvalue weighted by Crippen LogP contribution is -2.61. The summed E-state index contributed by atoms with van der Waals surface area (Å²) >= 11 is 0. The maximum Gasteiger partial charge on any atom is 0.0547 e. The second-order valence-corrected chi connectivity index (χ2v) is 6.15. The molecular weight excluding hydrogens is 234 g/mol. The molecule has 2 aliphatic rings. The predicted octanol–water partition coefficient (Wildman–Crippen LogP) is 2.50. The highest BCUT2D eigenvalue weighted by Crippen LogP contribution is 2.35. The Morgan fingerprint density at radius 1 is 1.26 bits per heavy atom. The van der Waals surface area contributed by atoms with Gasteiger partial charge in [0.25, 0.3) is 0 Å². The Balaban J connectivity index is 1.77. The third kappa shape index (κ3) is 2.82. The van der Waals surface area contributed by atoms with E-state index in [-0.39, 0.29) is 0 Å². The van der Waals surface area contributed by atoms with E-state index in [0.717, 1.165) is 25.3 Å². The molecule has 1 saturated heterocycles. The first-order chi connectivity index (χ1) is 9.28. The van der Waals surface area contributed by atoms with Crippen LogP contribution in [0.25, 0.3) is 0 Å². The van der Waals surface area contributed by atoms with Crippen LogP contribution in [0, 0.1) is 6.92 Å². The highest BCUT2D eigenvalue weighted by molar-refractivity contribution is 5.11. The van der Waals surface area contributed by atoms with Crippen molar-refractivity contribution in [3.8, 4) is 0 Å². The van der Waals surface area contributed by atoms with E-state index in [4.69, 9.17) is 0 Å². The van der Waals surface area contributed by atoms with Crippen LogP contribution in [0.2, 0.25) is 0 Å². The SMILES string of the molecule is Cc1cccc(CN2CCNCC23CCCCC3)n1. The molecule has 0 aromatic carbocycles. The van der Waals surface area contributed by atoms with Gasteiger partial charge in [-0.05, 0) is 31.9 Å². The summed E-state index contributed by atoms with van der Waals surface area (Å²) < 4.78 is 0. The molecule has 1 aromatic rings. The molecule has 0 bridgehead atoms. The fourth-order valence-corrected chi connectivity index (χ4v) is 3.72. The van der Waals surface area contributed by atoms with Gasteiger partial charge in [-0.15, -0.1) is 0 Å². The van der Waals surface area contributed by atoms with Gasteiger partial charge in [0.2, 0.25) is 0 Å². The summed E-state index contributed by atoms with van der Waals surface area (Å²) in [6.07, 6.45) is 6.90. The fraction of sp³-hybridized carbons (Fsp3) is 0.688. The second kappa shape index (κ2) is 5.59. The summed E-state index contributed by atoms with van der Waals surface area (Å²) in [5.41, 5.74) is 2.76. The third-order valence-corrected chi connectivity index (χ3v) is 4.77. The average Bonchev–Trinajstić information content (AvgIpc) is 2.43. The molecule has 0 atom stereocenters. The molecule has 0 radical (unpaired) electrons. The molecule has 0 amide bonds. The van der Waals surface area contributed by atoms with Crippen molar-refractivity contribution in [1.82, 2.24) is 15.2 Å². The van der Waals surface area contributed by atoms with Crippen LogP contribution >= 0.6 is 0 Å². The van der Waals surface area contributed by atoms with E-state index in [1.54, 1.807) is 0 Å². The Morgan fingerprint density at radius 2 is 2.11 bits per heavy atom. The summed E-state index contributed by atoms with van der Waals surface area (Å²) in [5.74, 6) is 0. The number of rotatable bonds is 2. The molecule has 1 spiro atoms. The zero-order chi connectivity index (χ0) is 13.1. The minimum atomic E-state index is 0.405. The Kier molecular flexibility index (Phi) is 3.85. The van der Waals surface area contributed by atoms with E-state index in [1.165, 1.54) is 44.3 Å². The van der Waals surface area contributed by atoms with Crippen molar-refractivity contribution in [2.24, 2.45) is 0 Å². The average molecular weight is 259 g/mol. The van der Waals surface area contributed by atoms with Crippen molar-refractivity contribution in [3.05, 3.63) is 29.6 Å². The van der Waals surface area contributed by atoms with Crippen molar-refractivity contribution in [1.29, 1.82) is 0 Å². The van der Waals surface area contributed by atoms with Crippen LogP contribution in [-0.2, 0) is 6.54 Å². The van der Waals surface area contributed by atoms with E-state index in [1.807, 2.05) is 0 Å². The first-order valence-electron chi connectivity index (χ1n) is 7.67. The summed E-state index contributed by atoms with van der Waals surface area (Å²) in [7, 11) is 0. The summed E-state index contributed by atoms with van der Waals surface area (Å²) in [6, 6.07) is 6.39. The molecule has 1 aromatic heterocycles. The van der Waals surface area contributed by atoms with E-state index in [0.29, 0.717) is 5.54 Å². The number of nitrogens with zero attached hydrogens (tertiary/aromatic N) is 2. The van der Waals surface area contributed by atoms with Crippen LogP contribution in [-0.4, -0.2) is 35.1 Å². The van der Waals surface area contributed by atoms with Crippen LogP contribution in [0.15, 0.2) is 18.2 Å². The number of hydrogen-bond acceptors (Lipinski definition) is 3. The molecule has 1 N–H and O–H groups in total. The number of piperazine rings is 1. The standard InChI is InChI=1S/C16H25N3/c1-14-6-5-7-15(18-14)12-19-11-10-17-13-16(19)8-3-2-4-9-16/h5-7,17H,2-4,8-13H2,1H3. The molecule has 2 heterocycles. The molecule has 1 aliphatic heterocycles. The van der Waals surface area contributed by atoms with Crippen LogP contribution in [0.1, 0.15) is 43.5 Å². The molecule has 0 unspecified atom stereocenters. The van der Waals surface area contributed by atoms with Gasteiger partial charge < -0.3 is 5.32 Å². The van der Waals surface area contributed by atoms with Crippen molar-refractivity contribution < 1.29 is 0 Å². The van der Waals surface area contributed by atoms with Gasteiger partial charge in [0.05, 0.1) is 5.69 Å². The van der Waals surface area contributed by atoms with E-state index in [9.17, 15) is 0 Å². The fourth-order valence-electron chi connectivity index (χ4n) is 3.72. The van der Waals surface area contributed by atoms with Gasteiger partial charge in [-0.2, -0.15) is 0 Å². The van der Waals surface area contributed by atoms with Crippen molar-refractivity contribution in [3.63, 3.8) is 0 Å². The molecule has 3 nitrogen and oxygen atoms in total. The largest absolute Gasteiger partial charge is 0.314 e. The van der Waals surface area contributed by atoms with E-state index in [2.05, 4.69) is 40.3 Å². The highest BCUT2D eigenvalue weighted by Gasteiger charge is 2.39. The minimum absolute atomic E-state index is 0.405. The molecule has 19 heavy (non-hydrogen) atoms. The molecule has 1 saturated carbocycles. The van der Waals surface area contributed by atoms with Crippen LogP contribution < -0.4 is 5.32 Å². The molecular formula is C16H25N3. The van der Waals surface area contributed by atoms with Gasteiger partial charge in [-0.1, -0.05) is 25.3 Å². The second-order valence-electron chi connectivity index (χ2n) is 6.15. The molecule has 2 fully saturated rings. The van der Waals surface area contributed by atoms with Crippen LogP contribution in [0.5, 0.6) is 0 Å². The lowest BCUT2D eigenvalue weighted by Gasteiger charge is -2.49. The first-order valence-corrected chi connectivity index (χ1v) is 7.67. The van der Waals surface area contributed by atoms with Gasteiger partial charge in [-0.3, -0.25) is 9.88 Å². The number of aryl methyl sites for hydroxylation is 1. The topological polar surface area (TPSA) is 28.2 Å². The Morgan fingerprint density at radius 3 is 2.89 bits per heavy atom. The lowest BCUT2D eigenvalue weighted by molar-refractivity contribution is 0.0199. The molecule has 104 valence electrons. The van der Waals surface area contributed by atoms with Crippen molar-refractivity contribution in [2.75, 3.05) is 19.6 Å². The van der Waals surface area contributed by atoms with Gasteiger partial charge >= 0.3 is 0 Å². The quantitative estimate of drug-likeness (QED) is 0.884. The zero-order valence-corrected chi connectivity index (χ0v) is 12.0. The summed E-state index contributed by atoms with van der Waals surface area (Å²) in [5, 5.41) is 3.61. The lowest BCUT2D eigenvalue weighted by atomic mass is 9.79. The smallest absolute Gasteiger partial charge is 0.0547 e. The monoisotopic (exact) mass is 259 g/mol. The van der Waals surface area contributed by atoms with E-state index < -0.39 is 0 Å². The van der Waals surface area contributed by atoms with Gasteiger partial charge in [-0.25, -0.2) is 0 Å². The first kappa shape index (κ1) is 13.1. The maximum absolute atomic E-state index is 4.68. The van der Waals surface area contributed by atoms with Gasteiger partial charge in [0.15, 0.2) is 0 Å². The van der Waals surface area contributed by atoms with Gasteiger partial charge in [0, 0.05) is 37.4 Å². The molecule has 3 rings (SSSR count). The number of aromatic nitrogens is 1. The summed E-state index contributed by atoms with van der Waals surface area (Å²) in [4.78, 5) is 7.38. The van der Waals surface area contributed by atoms with Crippen LogP contribution in [0.4, 0.5) is 0 Å². The molecule has 3 heteroatoms. The number of nitrogens with one attached hydrogen (secondary N) is 1. The van der Waals surface area contributed by atoms with Crippen molar-refractivity contribution in [2.45, 2.75) is 51.1 Å². The minimum Gasteiger partial charge on any atom is -0.314 e. The Labute approximate surface area is 116 Å². The Bertz CT molecular complexity index is 415.